The zero-order chi connectivity index (χ0) is 21.5. The van der Waals surface area contributed by atoms with Crippen LogP contribution in [0, 0.1) is 0 Å². The van der Waals surface area contributed by atoms with Crippen LogP contribution in [0.2, 0.25) is 0 Å². The maximum absolute atomic E-state index is 13.1. The van der Waals surface area contributed by atoms with Gasteiger partial charge in [0, 0.05) is 6.54 Å². The molecule has 156 valence electrons. The van der Waals surface area contributed by atoms with Gasteiger partial charge in [-0.05, 0) is 60.9 Å². The molecular weight excluding hydrogens is 397 g/mol. The molecule has 1 aliphatic heterocycles. The summed E-state index contributed by atoms with van der Waals surface area (Å²) in [6.45, 7) is 2.81. The van der Waals surface area contributed by atoms with E-state index in [1.807, 2.05) is 25.1 Å². The number of allylic oxidation sites excluding steroid dienone is 1. The topological polar surface area (TPSA) is 53.4 Å². The summed E-state index contributed by atoms with van der Waals surface area (Å²) in [6.07, 6.45) is -2.08. The van der Waals surface area contributed by atoms with Crippen LogP contribution in [0.1, 0.15) is 30.3 Å². The van der Waals surface area contributed by atoms with Crippen molar-refractivity contribution in [3.63, 3.8) is 0 Å². The lowest BCUT2D eigenvalue weighted by Gasteiger charge is -2.10. The molecular formula is C22H19F3N2O3. The van der Waals surface area contributed by atoms with Crippen molar-refractivity contribution in [3.05, 3.63) is 63.7 Å². The average Bonchev–Trinajstić information content (AvgIpc) is 3.11. The van der Waals surface area contributed by atoms with Crippen molar-refractivity contribution in [2.24, 2.45) is 0 Å². The number of hydrogen-bond acceptors (Lipinski definition) is 4. The van der Waals surface area contributed by atoms with E-state index in [0.717, 1.165) is 23.3 Å². The summed E-state index contributed by atoms with van der Waals surface area (Å²) < 4.78 is 51.6. The van der Waals surface area contributed by atoms with Crippen molar-refractivity contribution >= 4 is 22.6 Å². The molecule has 0 bridgehead atoms. The number of hydrogen-bond donors (Lipinski definition) is 0. The summed E-state index contributed by atoms with van der Waals surface area (Å²) in [7, 11) is 1.55. The SMILES string of the molecule is CCOc1ccc(/C=C2\CCn3c2nc2cc(C(F)(F)F)ccc2c3=O)cc1OC. The molecule has 30 heavy (non-hydrogen) atoms. The lowest BCUT2D eigenvalue weighted by Crippen LogP contribution is -2.21. The minimum absolute atomic E-state index is 0.0400. The fraction of sp³-hybridized carbons (Fsp3) is 0.273. The van der Waals surface area contributed by atoms with Gasteiger partial charge in [-0.15, -0.1) is 0 Å². The second kappa shape index (κ2) is 7.51. The first-order chi connectivity index (χ1) is 14.3. The van der Waals surface area contributed by atoms with E-state index < -0.39 is 11.7 Å². The van der Waals surface area contributed by atoms with Crippen molar-refractivity contribution in [1.82, 2.24) is 9.55 Å². The number of ether oxygens (including phenoxy) is 2. The Bertz CT molecular complexity index is 1210. The second-order valence-electron chi connectivity index (χ2n) is 6.88. The Balaban J connectivity index is 1.80. The summed E-state index contributed by atoms with van der Waals surface area (Å²) in [5.41, 5.74) is 0.468. The lowest BCUT2D eigenvalue weighted by atomic mass is 10.1. The summed E-state index contributed by atoms with van der Waals surface area (Å²) in [5.74, 6) is 1.58. The van der Waals surface area contributed by atoms with Gasteiger partial charge in [-0.3, -0.25) is 9.36 Å². The molecule has 0 saturated carbocycles. The van der Waals surface area contributed by atoms with Crippen LogP contribution in [0.25, 0.3) is 22.6 Å². The molecule has 0 radical (unpaired) electrons. The molecule has 0 fully saturated rings. The fourth-order valence-corrected chi connectivity index (χ4v) is 3.58. The number of alkyl halides is 3. The van der Waals surface area contributed by atoms with E-state index in [1.54, 1.807) is 13.2 Å². The molecule has 5 nitrogen and oxygen atoms in total. The van der Waals surface area contributed by atoms with Crippen LogP contribution in [-0.2, 0) is 12.7 Å². The smallest absolute Gasteiger partial charge is 0.416 e. The molecule has 8 heteroatoms. The molecule has 0 atom stereocenters. The van der Waals surface area contributed by atoms with Gasteiger partial charge in [0.1, 0.15) is 5.82 Å². The highest BCUT2D eigenvalue weighted by molar-refractivity contribution is 5.85. The Labute approximate surface area is 170 Å². The summed E-state index contributed by atoms with van der Waals surface area (Å²) >= 11 is 0. The van der Waals surface area contributed by atoms with Gasteiger partial charge in [-0.1, -0.05) is 6.07 Å². The number of nitrogens with zero attached hydrogens (tertiary/aromatic N) is 2. The molecule has 0 amide bonds. The number of benzene rings is 2. The van der Waals surface area contributed by atoms with Crippen molar-refractivity contribution in [3.8, 4) is 11.5 Å². The molecule has 1 aromatic heterocycles. The van der Waals surface area contributed by atoms with E-state index in [4.69, 9.17) is 9.47 Å². The van der Waals surface area contributed by atoms with Gasteiger partial charge in [0.15, 0.2) is 11.5 Å². The van der Waals surface area contributed by atoms with E-state index >= 15 is 0 Å². The van der Waals surface area contributed by atoms with Crippen LogP contribution in [0.3, 0.4) is 0 Å². The monoisotopic (exact) mass is 416 g/mol. The first-order valence-electron chi connectivity index (χ1n) is 9.45. The zero-order valence-electron chi connectivity index (χ0n) is 16.4. The molecule has 0 unspecified atom stereocenters. The summed E-state index contributed by atoms with van der Waals surface area (Å²) in [4.78, 5) is 17.2. The third-order valence-corrected chi connectivity index (χ3v) is 5.00. The molecule has 0 spiro atoms. The normalized spacial score (nSPS) is 14.9. The number of rotatable bonds is 4. The minimum atomic E-state index is -4.50. The second-order valence-corrected chi connectivity index (χ2v) is 6.88. The Hall–Kier alpha value is -3.29. The molecule has 4 rings (SSSR count). The van der Waals surface area contributed by atoms with Crippen LogP contribution in [0.5, 0.6) is 11.5 Å². The van der Waals surface area contributed by atoms with E-state index in [1.165, 1.54) is 10.6 Å². The molecule has 3 aromatic rings. The van der Waals surface area contributed by atoms with Crippen molar-refractivity contribution in [1.29, 1.82) is 0 Å². The highest BCUT2D eigenvalue weighted by Gasteiger charge is 2.31. The van der Waals surface area contributed by atoms with Gasteiger partial charge in [-0.2, -0.15) is 13.2 Å². The van der Waals surface area contributed by atoms with E-state index in [-0.39, 0.29) is 16.5 Å². The third-order valence-electron chi connectivity index (χ3n) is 5.00. The highest BCUT2D eigenvalue weighted by atomic mass is 19.4. The van der Waals surface area contributed by atoms with Gasteiger partial charge < -0.3 is 9.47 Å². The Morgan fingerprint density at radius 1 is 1.17 bits per heavy atom. The summed E-state index contributed by atoms with van der Waals surface area (Å²) in [6, 6.07) is 8.48. The quantitative estimate of drug-likeness (QED) is 0.615. The Morgan fingerprint density at radius 3 is 2.67 bits per heavy atom. The summed E-state index contributed by atoms with van der Waals surface area (Å²) in [5, 5.41) is 0.177. The Morgan fingerprint density at radius 2 is 1.97 bits per heavy atom. The first kappa shape index (κ1) is 20.0. The zero-order valence-corrected chi connectivity index (χ0v) is 16.4. The average molecular weight is 416 g/mol. The van der Waals surface area contributed by atoms with Crippen LogP contribution < -0.4 is 15.0 Å². The standard InChI is InChI=1S/C22H19F3N2O3/c1-3-30-18-7-4-13(11-19(18)29-2)10-14-8-9-27-20(14)26-17-12-15(22(23,24)25)5-6-16(17)21(27)28/h4-7,10-12H,3,8-9H2,1-2H3/b14-10+. The van der Waals surface area contributed by atoms with Crippen LogP contribution in [0.15, 0.2) is 41.2 Å². The van der Waals surface area contributed by atoms with Crippen molar-refractivity contribution < 1.29 is 22.6 Å². The maximum Gasteiger partial charge on any atom is 0.416 e. The molecule has 0 N–H and O–H groups in total. The predicted octanol–water partition coefficient (Wildman–Crippen LogP) is 4.77. The predicted molar refractivity (Wildman–Crippen MR) is 108 cm³/mol. The minimum Gasteiger partial charge on any atom is -0.493 e. The van der Waals surface area contributed by atoms with Gasteiger partial charge in [0.25, 0.3) is 5.56 Å². The van der Waals surface area contributed by atoms with Gasteiger partial charge in [0.05, 0.1) is 30.2 Å². The van der Waals surface area contributed by atoms with Crippen LogP contribution >= 0.6 is 0 Å². The van der Waals surface area contributed by atoms with E-state index in [0.29, 0.717) is 36.9 Å². The highest BCUT2D eigenvalue weighted by Crippen LogP contribution is 2.34. The molecule has 2 aromatic carbocycles. The van der Waals surface area contributed by atoms with Gasteiger partial charge in [0.2, 0.25) is 0 Å². The van der Waals surface area contributed by atoms with Gasteiger partial charge >= 0.3 is 6.18 Å². The first-order valence-corrected chi connectivity index (χ1v) is 9.45. The van der Waals surface area contributed by atoms with E-state index in [2.05, 4.69) is 4.98 Å². The number of halogens is 3. The third kappa shape index (κ3) is 3.53. The van der Waals surface area contributed by atoms with Crippen molar-refractivity contribution in [2.45, 2.75) is 26.1 Å². The van der Waals surface area contributed by atoms with Crippen LogP contribution in [0.4, 0.5) is 13.2 Å². The number of fused-ring (bicyclic) bond motifs is 2. The molecule has 2 heterocycles. The van der Waals surface area contributed by atoms with Gasteiger partial charge in [-0.25, -0.2) is 4.98 Å². The molecule has 1 aliphatic rings. The largest absolute Gasteiger partial charge is 0.493 e. The Kier molecular flexibility index (Phi) is 5.01. The maximum atomic E-state index is 13.1. The number of aromatic nitrogens is 2. The fourth-order valence-electron chi connectivity index (χ4n) is 3.58. The van der Waals surface area contributed by atoms with Crippen LogP contribution in [-0.4, -0.2) is 23.3 Å². The molecule has 0 aliphatic carbocycles. The lowest BCUT2D eigenvalue weighted by molar-refractivity contribution is -0.137. The van der Waals surface area contributed by atoms with Crippen molar-refractivity contribution in [2.75, 3.05) is 13.7 Å². The van der Waals surface area contributed by atoms with E-state index in [9.17, 15) is 18.0 Å². The number of methoxy groups -OCH3 is 1. The molecule has 0 saturated heterocycles.